The van der Waals surface area contributed by atoms with Gasteiger partial charge in [0.05, 0.1) is 0 Å². The maximum atomic E-state index is 12.8. The van der Waals surface area contributed by atoms with Gasteiger partial charge in [0.2, 0.25) is 5.91 Å². The number of rotatable bonds is 7. The first-order valence-corrected chi connectivity index (χ1v) is 11.5. The van der Waals surface area contributed by atoms with Crippen molar-refractivity contribution in [3.05, 3.63) is 59.7 Å². The Balaban J connectivity index is 1.12. The van der Waals surface area contributed by atoms with Crippen molar-refractivity contribution in [3.8, 4) is 11.1 Å². The van der Waals surface area contributed by atoms with Gasteiger partial charge in [-0.15, -0.1) is 0 Å². The number of amides is 2. The van der Waals surface area contributed by atoms with Crippen LogP contribution in [0.2, 0.25) is 0 Å². The van der Waals surface area contributed by atoms with Gasteiger partial charge >= 0.3 is 12.1 Å². The minimum Gasteiger partial charge on any atom is -0.479 e. The van der Waals surface area contributed by atoms with Gasteiger partial charge in [0.25, 0.3) is 0 Å². The van der Waals surface area contributed by atoms with Crippen molar-refractivity contribution < 1.29 is 24.2 Å². The summed E-state index contributed by atoms with van der Waals surface area (Å²) >= 11 is 0. The molecule has 2 fully saturated rings. The zero-order chi connectivity index (χ0) is 23.2. The number of hydrogen-bond donors (Lipinski definition) is 2. The second-order valence-corrected chi connectivity index (χ2v) is 9.40. The van der Waals surface area contributed by atoms with Crippen molar-refractivity contribution in [2.45, 2.75) is 37.1 Å². The number of carbonyl (C=O) groups excluding carboxylic acids is 2. The molecule has 0 radical (unpaired) electrons. The summed E-state index contributed by atoms with van der Waals surface area (Å²) in [6, 6.07) is 16.4. The zero-order valence-electron chi connectivity index (χ0n) is 18.6. The Bertz CT molecular complexity index is 1060. The van der Waals surface area contributed by atoms with E-state index in [-0.39, 0.29) is 30.3 Å². The lowest BCUT2D eigenvalue weighted by Gasteiger charge is -2.45. The highest BCUT2D eigenvalue weighted by Crippen LogP contribution is 2.45. The highest BCUT2D eigenvalue weighted by Gasteiger charge is 2.54. The Labute approximate surface area is 192 Å². The van der Waals surface area contributed by atoms with Crippen LogP contribution in [-0.2, 0) is 14.3 Å². The van der Waals surface area contributed by atoms with Crippen LogP contribution in [0.3, 0.4) is 0 Å². The summed E-state index contributed by atoms with van der Waals surface area (Å²) in [7, 11) is 1.59. The van der Waals surface area contributed by atoms with Crippen LogP contribution in [0.25, 0.3) is 11.1 Å². The van der Waals surface area contributed by atoms with Gasteiger partial charge in [-0.25, -0.2) is 9.59 Å². The maximum absolute atomic E-state index is 12.8. The molecule has 5 rings (SSSR count). The number of ether oxygens (including phenoxy) is 1. The molecule has 2 N–H and O–H groups in total. The third-order valence-corrected chi connectivity index (χ3v) is 7.64. The second kappa shape index (κ2) is 8.21. The summed E-state index contributed by atoms with van der Waals surface area (Å²) in [5.41, 5.74) is 3.62. The molecule has 2 atom stereocenters. The zero-order valence-corrected chi connectivity index (χ0v) is 18.6. The number of hydrogen-bond acceptors (Lipinski definition) is 4. The predicted molar refractivity (Wildman–Crippen MR) is 122 cm³/mol. The smallest absolute Gasteiger partial charge is 0.407 e. The van der Waals surface area contributed by atoms with E-state index in [1.165, 1.54) is 16.0 Å². The highest BCUT2D eigenvalue weighted by molar-refractivity contribution is 5.90. The lowest BCUT2D eigenvalue weighted by molar-refractivity contribution is -0.164. The third-order valence-electron chi connectivity index (χ3n) is 7.64. The monoisotopic (exact) mass is 448 g/mol. The first-order chi connectivity index (χ1) is 15.9. The number of carboxylic acids is 1. The van der Waals surface area contributed by atoms with Crippen molar-refractivity contribution in [1.82, 2.24) is 10.2 Å². The largest absolute Gasteiger partial charge is 0.479 e. The van der Waals surface area contributed by atoms with E-state index in [2.05, 4.69) is 29.6 Å². The molecule has 3 aliphatic carbocycles. The molecule has 0 bridgehead atoms. The Hall–Kier alpha value is -3.35. The van der Waals surface area contributed by atoms with Gasteiger partial charge < -0.3 is 20.1 Å². The van der Waals surface area contributed by atoms with Gasteiger partial charge in [-0.1, -0.05) is 48.5 Å². The molecule has 0 saturated heterocycles. The summed E-state index contributed by atoms with van der Waals surface area (Å²) in [6.45, 7) is 0.595. The van der Waals surface area contributed by atoms with Crippen LogP contribution in [0, 0.1) is 11.8 Å². The summed E-state index contributed by atoms with van der Waals surface area (Å²) < 4.78 is 5.55. The molecule has 7 nitrogen and oxygen atoms in total. The van der Waals surface area contributed by atoms with E-state index in [0.717, 1.165) is 17.5 Å². The van der Waals surface area contributed by atoms with Gasteiger partial charge in [-0.05, 0) is 53.9 Å². The summed E-state index contributed by atoms with van der Waals surface area (Å²) in [5, 5.41) is 12.3. The summed E-state index contributed by atoms with van der Waals surface area (Å²) in [4.78, 5) is 38.2. The molecule has 0 aliphatic heterocycles. The molecule has 2 amide bonds. The minimum absolute atomic E-state index is 0.00161. The van der Waals surface area contributed by atoms with E-state index in [1.807, 2.05) is 24.3 Å². The predicted octanol–water partition coefficient (Wildman–Crippen LogP) is 3.63. The molecule has 2 unspecified atom stereocenters. The molecule has 0 aromatic heterocycles. The van der Waals surface area contributed by atoms with Crippen LogP contribution in [0.5, 0.6) is 0 Å². The van der Waals surface area contributed by atoms with Crippen LogP contribution in [0.1, 0.15) is 42.7 Å². The fraction of sp³-hybridized carbons (Fsp3) is 0.423. The third kappa shape index (κ3) is 3.65. The molecule has 7 heteroatoms. The fourth-order valence-corrected chi connectivity index (χ4v) is 5.30. The van der Waals surface area contributed by atoms with Gasteiger partial charge in [0.15, 0.2) is 0 Å². The number of nitrogens with zero attached hydrogens (tertiary/aromatic N) is 1. The van der Waals surface area contributed by atoms with Crippen LogP contribution in [-0.4, -0.2) is 53.7 Å². The molecular formula is C26H28N2O5. The van der Waals surface area contributed by atoms with Gasteiger partial charge in [0.1, 0.15) is 12.1 Å². The number of alkyl carbamates (subject to hydrolysis) is 1. The number of nitrogens with one attached hydrogen (secondary N) is 1. The quantitative estimate of drug-likeness (QED) is 0.674. The van der Waals surface area contributed by atoms with E-state index >= 15 is 0 Å². The maximum Gasteiger partial charge on any atom is 0.407 e. The van der Waals surface area contributed by atoms with Crippen molar-refractivity contribution >= 4 is 18.0 Å². The van der Waals surface area contributed by atoms with Crippen molar-refractivity contribution in [1.29, 1.82) is 0 Å². The van der Waals surface area contributed by atoms with Crippen LogP contribution < -0.4 is 5.32 Å². The molecule has 2 aromatic carbocycles. The number of fused-ring (bicyclic) bond motifs is 3. The Kier molecular flexibility index (Phi) is 5.35. The van der Waals surface area contributed by atoms with E-state index in [0.29, 0.717) is 25.8 Å². The number of carbonyl (C=O) groups is 3. The van der Waals surface area contributed by atoms with Crippen molar-refractivity contribution in [2.75, 3.05) is 20.2 Å². The lowest BCUT2D eigenvalue weighted by atomic mass is 9.75. The van der Waals surface area contributed by atoms with E-state index < -0.39 is 17.6 Å². The molecular weight excluding hydrogens is 420 g/mol. The average molecular weight is 449 g/mol. The lowest BCUT2D eigenvalue weighted by Crippen LogP contribution is -2.60. The first kappa shape index (κ1) is 21.5. The van der Waals surface area contributed by atoms with Crippen molar-refractivity contribution in [2.24, 2.45) is 11.8 Å². The number of likely N-dealkylation sites (N-methyl/N-ethyl adjacent to an activating group) is 1. The van der Waals surface area contributed by atoms with Crippen LogP contribution >= 0.6 is 0 Å². The van der Waals surface area contributed by atoms with Gasteiger partial charge in [0, 0.05) is 25.4 Å². The summed E-state index contributed by atoms with van der Waals surface area (Å²) in [6.07, 6.45) is 1.98. The number of benzene rings is 2. The fourth-order valence-electron chi connectivity index (χ4n) is 5.30. The second-order valence-electron chi connectivity index (χ2n) is 9.40. The van der Waals surface area contributed by atoms with Gasteiger partial charge in [-0.3, -0.25) is 4.79 Å². The van der Waals surface area contributed by atoms with E-state index in [4.69, 9.17) is 4.74 Å². The SMILES string of the molecule is CN(C(=O)C1CC1CNC(=O)OCC1c2ccccc2-c2ccccc21)C1(C(=O)O)CCC1. The molecule has 2 saturated carbocycles. The topological polar surface area (TPSA) is 95.9 Å². The molecule has 0 heterocycles. The van der Waals surface area contributed by atoms with E-state index in [9.17, 15) is 19.5 Å². The Morgan fingerprint density at radius 2 is 1.67 bits per heavy atom. The van der Waals surface area contributed by atoms with Crippen LogP contribution in [0.15, 0.2) is 48.5 Å². The van der Waals surface area contributed by atoms with Gasteiger partial charge in [-0.2, -0.15) is 0 Å². The molecule has 2 aromatic rings. The van der Waals surface area contributed by atoms with E-state index in [1.54, 1.807) is 7.05 Å². The minimum atomic E-state index is -1.05. The average Bonchev–Trinajstić information content (AvgIpc) is 3.49. The summed E-state index contributed by atoms with van der Waals surface area (Å²) in [5.74, 6) is -1.29. The molecule has 3 aliphatic rings. The molecule has 172 valence electrons. The molecule has 0 spiro atoms. The number of aliphatic carboxylic acids is 1. The Morgan fingerprint density at radius 3 is 2.21 bits per heavy atom. The Morgan fingerprint density at radius 1 is 1.06 bits per heavy atom. The van der Waals surface area contributed by atoms with Crippen molar-refractivity contribution in [3.63, 3.8) is 0 Å². The molecule has 33 heavy (non-hydrogen) atoms. The highest BCUT2D eigenvalue weighted by atomic mass is 16.5. The first-order valence-electron chi connectivity index (χ1n) is 11.5. The van der Waals surface area contributed by atoms with Crippen LogP contribution in [0.4, 0.5) is 4.79 Å². The standard InChI is InChI=1S/C26H28N2O5/c1-28(26(24(30)31)11-6-12-26)23(29)21-13-16(21)14-27-25(32)33-15-22-19-9-4-2-7-17(19)18-8-3-5-10-20(18)22/h2-5,7-10,16,21-22H,6,11-15H2,1H3,(H,27,32)(H,30,31). The normalized spacial score (nSPS) is 21.8. The number of carboxylic acid groups (broad SMARTS) is 1.